The third-order valence-corrected chi connectivity index (χ3v) is 3.71. The molecular formula is C13H14ClN3OS. The van der Waals surface area contributed by atoms with Crippen molar-refractivity contribution in [2.75, 3.05) is 10.6 Å². The first-order valence-corrected chi connectivity index (χ1v) is 7.05. The summed E-state index contributed by atoms with van der Waals surface area (Å²) in [6.07, 6.45) is 1.65. The average Bonchev–Trinajstić information content (AvgIpc) is 2.86. The molecule has 0 aliphatic rings. The Morgan fingerprint density at radius 1 is 1.47 bits per heavy atom. The minimum Gasteiger partial charge on any atom is -0.374 e. The molecule has 1 aromatic heterocycles. The van der Waals surface area contributed by atoms with Gasteiger partial charge in [0.15, 0.2) is 5.13 Å². The standard InChI is InChI=1S/C13H14ClN3OS/c1-8-3-4-10(7-11(8)14)16-9(2)12(18)17-13-15-5-6-19-13/h3-7,9,16H,1-2H3,(H,15,17,18)/t9-/m0/s1. The summed E-state index contributed by atoms with van der Waals surface area (Å²) in [5, 5.41) is 8.93. The number of nitrogens with one attached hydrogen (secondary N) is 2. The fourth-order valence-electron chi connectivity index (χ4n) is 1.50. The van der Waals surface area contributed by atoms with Crippen LogP contribution in [0.1, 0.15) is 12.5 Å². The van der Waals surface area contributed by atoms with Crippen LogP contribution in [0.25, 0.3) is 0 Å². The quantitative estimate of drug-likeness (QED) is 0.907. The Kier molecular flexibility index (Phi) is 4.39. The number of aryl methyl sites for hydroxylation is 1. The summed E-state index contributed by atoms with van der Waals surface area (Å²) in [7, 11) is 0. The van der Waals surface area contributed by atoms with Gasteiger partial charge in [-0.2, -0.15) is 0 Å². The summed E-state index contributed by atoms with van der Waals surface area (Å²) in [5.74, 6) is -0.133. The van der Waals surface area contributed by atoms with Gasteiger partial charge in [0.2, 0.25) is 5.91 Å². The number of benzene rings is 1. The zero-order chi connectivity index (χ0) is 13.8. The maximum absolute atomic E-state index is 11.9. The minimum atomic E-state index is -0.373. The number of rotatable bonds is 4. The van der Waals surface area contributed by atoms with E-state index in [0.29, 0.717) is 10.2 Å². The zero-order valence-electron chi connectivity index (χ0n) is 10.6. The summed E-state index contributed by atoms with van der Waals surface area (Å²) < 4.78 is 0. The van der Waals surface area contributed by atoms with Crippen LogP contribution in [0, 0.1) is 6.92 Å². The number of hydrogen-bond donors (Lipinski definition) is 2. The first-order valence-electron chi connectivity index (χ1n) is 5.79. The van der Waals surface area contributed by atoms with E-state index < -0.39 is 0 Å². The molecule has 100 valence electrons. The molecule has 1 atom stereocenters. The Balaban J connectivity index is 1.98. The molecule has 6 heteroatoms. The van der Waals surface area contributed by atoms with Crippen molar-refractivity contribution in [3.05, 3.63) is 40.4 Å². The summed E-state index contributed by atoms with van der Waals surface area (Å²) in [6, 6.07) is 5.25. The van der Waals surface area contributed by atoms with Crippen molar-refractivity contribution in [3.8, 4) is 0 Å². The molecule has 0 saturated carbocycles. The second-order valence-corrected chi connectivity index (χ2v) is 5.46. The van der Waals surface area contributed by atoms with Gasteiger partial charge in [-0.3, -0.25) is 4.79 Å². The second kappa shape index (κ2) is 6.04. The number of carbonyl (C=O) groups is 1. The van der Waals surface area contributed by atoms with Gasteiger partial charge in [-0.15, -0.1) is 11.3 Å². The van der Waals surface area contributed by atoms with E-state index in [0.717, 1.165) is 11.3 Å². The number of amides is 1. The minimum absolute atomic E-state index is 0.133. The van der Waals surface area contributed by atoms with E-state index in [1.54, 1.807) is 13.1 Å². The summed E-state index contributed by atoms with van der Waals surface area (Å²) >= 11 is 7.43. The number of halogens is 1. The van der Waals surface area contributed by atoms with E-state index in [1.807, 2.05) is 30.5 Å². The van der Waals surface area contributed by atoms with Crippen molar-refractivity contribution in [1.82, 2.24) is 4.98 Å². The molecule has 0 aliphatic heterocycles. The summed E-state index contributed by atoms with van der Waals surface area (Å²) in [4.78, 5) is 15.9. The number of hydrogen-bond acceptors (Lipinski definition) is 4. The lowest BCUT2D eigenvalue weighted by Gasteiger charge is -2.14. The largest absolute Gasteiger partial charge is 0.374 e. The number of aromatic nitrogens is 1. The molecule has 1 heterocycles. The van der Waals surface area contributed by atoms with Crippen molar-refractivity contribution in [1.29, 1.82) is 0 Å². The van der Waals surface area contributed by atoms with Gasteiger partial charge in [0, 0.05) is 22.3 Å². The number of thiazole rings is 1. The highest BCUT2D eigenvalue weighted by atomic mass is 35.5. The van der Waals surface area contributed by atoms with E-state index in [1.165, 1.54) is 11.3 Å². The Morgan fingerprint density at radius 2 is 2.26 bits per heavy atom. The predicted octanol–water partition coefficient (Wildman–Crippen LogP) is 3.54. The van der Waals surface area contributed by atoms with Crippen LogP contribution < -0.4 is 10.6 Å². The third-order valence-electron chi connectivity index (χ3n) is 2.61. The zero-order valence-corrected chi connectivity index (χ0v) is 12.2. The van der Waals surface area contributed by atoms with Crippen LogP contribution >= 0.6 is 22.9 Å². The van der Waals surface area contributed by atoms with Crippen molar-refractivity contribution in [2.45, 2.75) is 19.9 Å². The lowest BCUT2D eigenvalue weighted by molar-refractivity contribution is -0.116. The van der Waals surface area contributed by atoms with Crippen molar-refractivity contribution in [3.63, 3.8) is 0 Å². The average molecular weight is 296 g/mol. The van der Waals surface area contributed by atoms with Crippen LogP contribution in [0.4, 0.5) is 10.8 Å². The third kappa shape index (κ3) is 3.68. The molecule has 0 saturated heterocycles. The van der Waals surface area contributed by atoms with Crippen LogP contribution in [0.5, 0.6) is 0 Å². The van der Waals surface area contributed by atoms with Crippen molar-refractivity contribution >= 4 is 39.7 Å². The maximum Gasteiger partial charge on any atom is 0.248 e. The molecule has 0 bridgehead atoms. The number of nitrogens with zero attached hydrogens (tertiary/aromatic N) is 1. The van der Waals surface area contributed by atoms with Crippen LogP contribution in [0.2, 0.25) is 5.02 Å². The van der Waals surface area contributed by atoms with Gasteiger partial charge >= 0.3 is 0 Å². The lowest BCUT2D eigenvalue weighted by Crippen LogP contribution is -2.31. The molecule has 2 aromatic rings. The first-order chi connectivity index (χ1) is 9.06. The highest BCUT2D eigenvalue weighted by molar-refractivity contribution is 7.13. The van der Waals surface area contributed by atoms with E-state index in [9.17, 15) is 4.79 Å². The Bertz CT molecular complexity index is 571. The van der Waals surface area contributed by atoms with Gasteiger partial charge in [-0.1, -0.05) is 17.7 Å². The van der Waals surface area contributed by atoms with Gasteiger partial charge < -0.3 is 10.6 Å². The molecule has 0 unspecified atom stereocenters. The highest BCUT2D eigenvalue weighted by Crippen LogP contribution is 2.20. The molecule has 0 spiro atoms. The van der Waals surface area contributed by atoms with E-state index in [4.69, 9.17) is 11.6 Å². The fourth-order valence-corrected chi connectivity index (χ4v) is 2.21. The molecule has 2 N–H and O–H groups in total. The predicted molar refractivity (Wildman–Crippen MR) is 80.0 cm³/mol. The topological polar surface area (TPSA) is 54.0 Å². The lowest BCUT2D eigenvalue weighted by atomic mass is 10.2. The highest BCUT2D eigenvalue weighted by Gasteiger charge is 2.14. The molecule has 0 radical (unpaired) electrons. The van der Waals surface area contributed by atoms with Crippen LogP contribution in [0.3, 0.4) is 0 Å². The maximum atomic E-state index is 11.9. The van der Waals surface area contributed by atoms with Gasteiger partial charge in [0.1, 0.15) is 6.04 Å². The summed E-state index contributed by atoms with van der Waals surface area (Å²) in [5.41, 5.74) is 1.82. The van der Waals surface area contributed by atoms with Crippen LogP contribution in [-0.4, -0.2) is 16.9 Å². The van der Waals surface area contributed by atoms with Gasteiger partial charge in [0.25, 0.3) is 0 Å². The molecule has 19 heavy (non-hydrogen) atoms. The van der Waals surface area contributed by atoms with Crippen LogP contribution in [-0.2, 0) is 4.79 Å². The molecule has 4 nitrogen and oxygen atoms in total. The SMILES string of the molecule is Cc1ccc(N[C@@H](C)C(=O)Nc2nccs2)cc1Cl. The Hall–Kier alpha value is -1.59. The van der Waals surface area contributed by atoms with Crippen molar-refractivity contribution < 1.29 is 4.79 Å². The van der Waals surface area contributed by atoms with Crippen LogP contribution in [0.15, 0.2) is 29.8 Å². The van der Waals surface area contributed by atoms with E-state index in [2.05, 4.69) is 15.6 Å². The molecule has 1 aromatic carbocycles. The normalized spacial score (nSPS) is 11.9. The monoisotopic (exact) mass is 295 g/mol. The number of carbonyl (C=O) groups excluding carboxylic acids is 1. The van der Waals surface area contributed by atoms with E-state index in [-0.39, 0.29) is 11.9 Å². The Labute approximate surface area is 120 Å². The molecular weight excluding hydrogens is 282 g/mol. The number of anilines is 2. The fraction of sp³-hybridized carbons (Fsp3) is 0.231. The van der Waals surface area contributed by atoms with Gasteiger partial charge in [-0.25, -0.2) is 4.98 Å². The molecule has 2 rings (SSSR count). The molecule has 0 aliphatic carbocycles. The van der Waals surface area contributed by atoms with Gasteiger partial charge in [0.05, 0.1) is 0 Å². The first kappa shape index (κ1) is 13.8. The van der Waals surface area contributed by atoms with Crippen molar-refractivity contribution in [2.24, 2.45) is 0 Å². The van der Waals surface area contributed by atoms with E-state index >= 15 is 0 Å². The smallest absolute Gasteiger partial charge is 0.248 e. The molecule has 0 fully saturated rings. The Morgan fingerprint density at radius 3 is 2.89 bits per heavy atom. The second-order valence-electron chi connectivity index (χ2n) is 4.16. The van der Waals surface area contributed by atoms with Gasteiger partial charge in [-0.05, 0) is 31.5 Å². The summed E-state index contributed by atoms with van der Waals surface area (Å²) in [6.45, 7) is 3.72. The molecule has 1 amide bonds.